The van der Waals surface area contributed by atoms with Crippen molar-refractivity contribution in [3.05, 3.63) is 23.8 Å². The molecular formula is C23H39NO2. The van der Waals surface area contributed by atoms with Crippen LogP contribution in [0.4, 0.5) is 0 Å². The summed E-state index contributed by atoms with van der Waals surface area (Å²) in [6, 6.07) is 0. The quantitative estimate of drug-likeness (QED) is 0.479. The van der Waals surface area contributed by atoms with E-state index in [4.69, 9.17) is 0 Å². The number of rotatable bonds is 9. The average Bonchev–Trinajstić information content (AvgIpc) is 3.29. The molecule has 26 heavy (non-hydrogen) atoms. The van der Waals surface area contributed by atoms with Crippen molar-refractivity contribution in [3.63, 3.8) is 0 Å². The van der Waals surface area contributed by atoms with Crippen LogP contribution in [-0.2, 0) is 0 Å². The van der Waals surface area contributed by atoms with Crippen LogP contribution < -0.4 is 0 Å². The molecule has 0 radical (unpaired) electrons. The van der Waals surface area contributed by atoms with Gasteiger partial charge in [-0.3, -0.25) is 0 Å². The van der Waals surface area contributed by atoms with E-state index in [1.165, 1.54) is 45.1 Å². The molecule has 0 aliphatic heterocycles. The summed E-state index contributed by atoms with van der Waals surface area (Å²) in [6.07, 6.45) is 18.1. The lowest BCUT2D eigenvalue weighted by Gasteiger charge is -2.20. The van der Waals surface area contributed by atoms with Gasteiger partial charge in [-0.05, 0) is 83.3 Å². The number of aliphatic hydroxyl groups excluding tert-OH is 2. The number of nitrogens with zero attached hydrogens (tertiary/aromatic N) is 1. The standard InChI is InChI=1S/C23H39NO2/c1-24(2)13-7-3-4-8-17-14-19-16-23(26)20(21(19)15-17)11-12-22(25)18-9-5-6-10-18/h11-12,14,18-23,25-26H,3-10,13,15-16H2,1-2H3/b12-11+/t19-,20+,21-,22+,23+/m0/s1. The lowest BCUT2D eigenvalue weighted by Crippen LogP contribution is -2.19. The van der Waals surface area contributed by atoms with Crippen molar-refractivity contribution in [2.75, 3.05) is 20.6 Å². The van der Waals surface area contributed by atoms with Crippen molar-refractivity contribution in [3.8, 4) is 0 Å². The van der Waals surface area contributed by atoms with Gasteiger partial charge in [-0.25, -0.2) is 0 Å². The minimum Gasteiger partial charge on any atom is -0.392 e. The Labute approximate surface area is 160 Å². The fourth-order valence-corrected chi connectivity index (χ4v) is 5.45. The van der Waals surface area contributed by atoms with E-state index in [2.05, 4.69) is 31.1 Å². The summed E-state index contributed by atoms with van der Waals surface area (Å²) in [5.74, 6) is 1.80. The number of hydrogen-bond acceptors (Lipinski definition) is 3. The second kappa shape index (κ2) is 9.52. The van der Waals surface area contributed by atoms with Crippen molar-refractivity contribution >= 4 is 0 Å². The third kappa shape index (κ3) is 5.21. The molecule has 0 spiro atoms. The van der Waals surface area contributed by atoms with Crippen molar-refractivity contribution in [1.82, 2.24) is 4.90 Å². The summed E-state index contributed by atoms with van der Waals surface area (Å²) in [6.45, 7) is 1.19. The molecule has 2 saturated carbocycles. The van der Waals surface area contributed by atoms with Crippen molar-refractivity contribution in [2.24, 2.45) is 23.7 Å². The lowest BCUT2D eigenvalue weighted by atomic mass is 9.88. The highest BCUT2D eigenvalue weighted by atomic mass is 16.3. The first-order valence-electron chi connectivity index (χ1n) is 10.9. The number of allylic oxidation sites excluding steroid dienone is 2. The van der Waals surface area contributed by atoms with E-state index in [9.17, 15) is 10.2 Å². The highest BCUT2D eigenvalue weighted by Gasteiger charge is 2.43. The number of hydrogen-bond donors (Lipinski definition) is 2. The molecule has 0 aromatic rings. The number of unbranched alkanes of at least 4 members (excludes halogenated alkanes) is 2. The average molecular weight is 362 g/mol. The van der Waals surface area contributed by atoms with Gasteiger partial charge in [0.05, 0.1) is 12.2 Å². The maximum atomic E-state index is 10.5. The molecule has 5 atom stereocenters. The predicted molar refractivity (Wildman–Crippen MR) is 108 cm³/mol. The van der Waals surface area contributed by atoms with Gasteiger partial charge in [-0.1, -0.05) is 43.1 Å². The van der Waals surface area contributed by atoms with Gasteiger partial charge < -0.3 is 15.1 Å². The Morgan fingerprint density at radius 2 is 1.96 bits per heavy atom. The van der Waals surface area contributed by atoms with Gasteiger partial charge in [0.2, 0.25) is 0 Å². The molecule has 3 heteroatoms. The van der Waals surface area contributed by atoms with Gasteiger partial charge in [-0.15, -0.1) is 0 Å². The van der Waals surface area contributed by atoms with Crippen LogP contribution in [-0.4, -0.2) is 48.0 Å². The zero-order chi connectivity index (χ0) is 18.5. The molecular weight excluding hydrogens is 322 g/mol. The highest BCUT2D eigenvalue weighted by Crippen LogP contribution is 2.48. The molecule has 3 aliphatic rings. The largest absolute Gasteiger partial charge is 0.392 e. The first-order valence-corrected chi connectivity index (χ1v) is 10.9. The molecule has 2 fully saturated rings. The van der Waals surface area contributed by atoms with Crippen LogP contribution in [0, 0.1) is 23.7 Å². The van der Waals surface area contributed by atoms with Gasteiger partial charge >= 0.3 is 0 Å². The third-order valence-electron chi connectivity index (χ3n) is 6.97. The number of aliphatic hydroxyl groups is 2. The Kier molecular flexibility index (Phi) is 7.36. The smallest absolute Gasteiger partial charge is 0.0749 e. The molecule has 0 bridgehead atoms. The molecule has 0 saturated heterocycles. The Morgan fingerprint density at radius 3 is 2.69 bits per heavy atom. The van der Waals surface area contributed by atoms with E-state index in [-0.39, 0.29) is 18.1 Å². The molecule has 0 amide bonds. The van der Waals surface area contributed by atoms with E-state index in [0.29, 0.717) is 17.8 Å². The monoisotopic (exact) mass is 361 g/mol. The zero-order valence-corrected chi connectivity index (χ0v) is 16.8. The lowest BCUT2D eigenvalue weighted by molar-refractivity contribution is 0.135. The van der Waals surface area contributed by atoms with Crippen LogP contribution in [0.5, 0.6) is 0 Å². The summed E-state index contributed by atoms with van der Waals surface area (Å²) >= 11 is 0. The molecule has 0 aromatic carbocycles. The molecule has 148 valence electrons. The molecule has 2 N–H and O–H groups in total. The first kappa shape index (κ1) is 20.1. The summed E-state index contributed by atoms with van der Waals surface area (Å²) in [7, 11) is 4.28. The fourth-order valence-electron chi connectivity index (χ4n) is 5.45. The van der Waals surface area contributed by atoms with Crippen LogP contribution in [0.25, 0.3) is 0 Å². The maximum absolute atomic E-state index is 10.5. The predicted octanol–water partition coefficient (Wildman–Crippen LogP) is 4.16. The van der Waals surface area contributed by atoms with E-state index in [1.807, 2.05) is 6.08 Å². The third-order valence-corrected chi connectivity index (χ3v) is 6.97. The van der Waals surface area contributed by atoms with Gasteiger partial charge in [0.25, 0.3) is 0 Å². The van der Waals surface area contributed by atoms with Gasteiger partial charge in [-0.2, -0.15) is 0 Å². The summed E-state index contributed by atoms with van der Waals surface area (Å²) in [4.78, 5) is 2.26. The van der Waals surface area contributed by atoms with Crippen molar-refractivity contribution in [1.29, 1.82) is 0 Å². The molecule has 0 aromatic heterocycles. The Hall–Kier alpha value is -0.640. The molecule has 3 rings (SSSR count). The van der Waals surface area contributed by atoms with Crippen LogP contribution >= 0.6 is 0 Å². The van der Waals surface area contributed by atoms with E-state index >= 15 is 0 Å². The minimum absolute atomic E-state index is 0.227. The minimum atomic E-state index is -0.311. The normalized spacial score (nSPS) is 33.3. The molecule has 0 unspecified atom stereocenters. The Balaban J connectivity index is 1.45. The Bertz CT molecular complexity index is 492. The summed E-state index contributed by atoms with van der Waals surface area (Å²) in [5.41, 5.74) is 1.62. The van der Waals surface area contributed by atoms with Crippen LogP contribution in [0.3, 0.4) is 0 Å². The van der Waals surface area contributed by atoms with Gasteiger partial charge in [0.15, 0.2) is 0 Å². The Morgan fingerprint density at radius 1 is 1.19 bits per heavy atom. The van der Waals surface area contributed by atoms with E-state index < -0.39 is 0 Å². The van der Waals surface area contributed by atoms with Crippen LogP contribution in [0.1, 0.15) is 64.2 Å². The molecule has 3 nitrogen and oxygen atoms in total. The zero-order valence-electron chi connectivity index (χ0n) is 16.8. The van der Waals surface area contributed by atoms with Gasteiger partial charge in [0, 0.05) is 5.92 Å². The second-order valence-electron chi connectivity index (χ2n) is 9.27. The SMILES string of the molecule is CN(C)CCCCCC1=C[C@H]2C[C@@H](O)[C@H](/C=C/[C@@H](O)C3CCCC3)[C@H]2C1. The van der Waals surface area contributed by atoms with Crippen molar-refractivity contribution < 1.29 is 10.2 Å². The van der Waals surface area contributed by atoms with Crippen LogP contribution in [0.2, 0.25) is 0 Å². The molecule has 0 heterocycles. The molecule has 3 aliphatic carbocycles. The van der Waals surface area contributed by atoms with E-state index in [0.717, 1.165) is 25.7 Å². The highest BCUT2D eigenvalue weighted by molar-refractivity contribution is 5.21. The summed E-state index contributed by atoms with van der Waals surface area (Å²) < 4.78 is 0. The number of fused-ring (bicyclic) bond motifs is 1. The fraction of sp³-hybridized carbons (Fsp3) is 0.826. The van der Waals surface area contributed by atoms with Crippen LogP contribution in [0.15, 0.2) is 23.8 Å². The van der Waals surface area contributed by atoms with Crippen molar-refractivity contribution in [2.45, 2.75) is 76.4 Å². The second-order valence-corrected chi connectivity index (χ2v) is 9.27. The maximum Gasteiger partial charge on any atom is 0.0749 e. The topological polar surface area (TPSA) is 43.7 Å². The first-order chi connectivity index (χ1) is 12.5. The van der Waals surface area contributed by atoms with E-state index in [1.54, 1.807) is 5.57 Å². The van der Waals surface area contributed by atoms with Gasteiger partial charge in [0.1, 0.15) is 0 Å². The summed E-state index contributed by atoms with van der Waals surface area (Å²) in [5, 5.41) is 20.9.